The summed E-state index contributed by atoms with van der Waals surface area (Å²) in [4.78, 5) is 0. The van der Waals surface area contributed by atoms with Crippen LogP contribution in [0.5, 0.6) is 0 Å². The van der Waals surface area contributed by atoms with E-state index in [9.17, 15) is 0 Å². The van der Waals surface area contributed by atoms with Gasteiger partial charge in [0.15, 0.2) is 0 Å². The zero-order valence-corrected chi connectivity index (χ0v) is 27.8. The molecule has 0 aromatic carbocycles. The number of hydrogen-bond acceptors (Lipinski definition) is 0. The molecule has 0 bridgehead atoms. The average Bonchev–Trinajstić information content (AvgIpc) is 2.86. The first-order valence-corrected chi connectivity index (χ1v) is 17.4. The summed E-state index contributed by atoms with van der Waals surface area (Å²) in [5.74, 6) is 0. The third kappa shape index (κ3) is 32.6. The highest BCUT2D eigenvalue weighted by Crippen LogP contribution is 2.18. The Hall–Kier alpha value is 0.540. The van der Waals surface area contributed by atoms with Gasteiger partial charge in [-0.15, -0.1) is 11.6 Å². The number of nitrogens with zero attached hydrogens (tertiary/aromatic N) is 1. The summed E-state index contributed by atoms with van der Waals surface area (Å²) in [6, 6.07) is 0. The van der Waals surface area contributed by atoms with Crippen LogP contribution in [0.15, 0.2) is 0 Å². The molecule has 0 aliphatic heterocycles. The number of alkyl halides is 1. The van der Waals surface area contributed by atoms with Crippen molar-refractivity contribution >= 4 is 11.6 Å². The third-order valence-corrected chi connectivity index (χ3v) is 8.71. The van der Waals surface area contributed by atoms with Crippen LogP contribution >= 0.6 is 11.6 Å². The molecule has 0 amide bonds. The smallest absolute Gasteiger partial charge is 0.0782 e. The van der Waals surface area contributed by atoms with Crippen molar-refractivity contribution in [2.24, 2.45) is 0 Å². The molecule has 0 N–H and O–H groups in total. The topological polar surface area (TPSA) is 0 Å². The van der Waals surface area contributed by atoms with E-state index in [0.717, 1.165) is 0 Å². The summed E-state index contributed by atoms with van der Waals surface area (Å²) in [6.45, 7) is 7.31. The molecule has 37 heavy (non-hydrogen) atoms. The number of halogens is 2. The van der Waals surface area contributed by atoms with Gasteiger partial charge in [-0.3, -0.25) is 0 Å². The van der Waals surface area contributed by atoms with Gasteiger partial charge in [-0.25, -0.2) is 0 Å². The highest BCUT2D eigenvalue weighted by Gasteiger charge is 2.13. The lowest BCUT2D eigenvalue weighted by Gasteiger charge is -2.30. The standard InChI is InChI=1S/C34H71ClN.ClH/c1-5-7-9-10-11-12-13-14-15-16-19-22-25-28-32-36(3,4)33-29-26-23-20-17-18-21-24-27-31-34(35)30-8-6-2;/h34H,5-33H2,1-4H3;1H/q+1;/p-1. The van der Waals surface area contributed by atoms with Crippen LogP contribution in [-0.2, 0) is 0 Å². The largest absolute Gasteiger partial charge is 1.00 e. The molecule has 1 nitrogen and oxygen atoms in total. The van der Waals surface area contributed by atoms with Gasteiger partial charge in [-0.2, -0.15) is 0 Å². The lowest BCUT2D eigenvalue weighted by atomic mass is 10.0. The van der Waals surface area contributed by atoms with Crippen molar-refractivity contribution < 1.29 is 16.9 Å². The predicted molar refractivity (Wildman–Crippen MR) is 167 cm³/mol. The summed E-state index contributed by atoms with van der Waals surface area (Å²) in [5, 5.41) is 0.432. The van der Waals surface area contributed by atoms with Gasteiger partial charge in [0, 0.05) is 5.38 Å². The Bertz CT molecular complexity index is 413. The van der Waals surface area contributed by atoms with Crippen molar-refractivity contribution in [1.82, 2.24) is 0 Å². The van der Waals surface area contributed by atoms with E-state index in [4.69, 9.17) is 11.6 Å². The fourth-order valence-electron chi connectivity index (χ4n) is 5.56. The molecule has 1 unspecified atom stereocenters. The molecule has 0 saturated carbocycles. The highest BCUT2D eigenvalue weighted by atomic mass is 35.5. The van der Waals surface area contributed by atoms with E-state index < -0.39 is 0 Å². The summed E-state index contributed by atoms with van der Waals surface area (Å²) < 4.78 is 1.23. The molecule has 0 spiro atoms. The second kappa shape index (κ2) is 31.1. The average molecular weight is 565 g/mol. The molecule has 0 aliphatic carbocycles. The lowest BCUT2D eigenvalue weighted by Crippen LogP contribution is -3.00. The second-order valence-electron chi connectivity index (χ2n) is 12.7. The molecule has 0 aromatic rings. The van der Waals surface area contributed by atoms with Crippen LogP contribution in [0.3, 0.4) is 0 Å². The summed E-state index contributed by atoms with van der Waals surface area (Å²) in [6.07, 6.45) is 38.2. The number of rotatable bonds is 30. The fraction of sp³-hybridized carbons (Fsp3) is 1.00. The molecule has 0 rings (SSSR count). The summed E-state index contributed by atoms with van der Waals surface area (Å²) >= 11 is 6.39. The van der Waals surface area contributed by atoms with Crippen molar-refractivity contribution in [1.29, 1.82) is 0 Å². The van der Waals surface area contributed by atoms with Gasteiger partial charge in [0.2, 0.25) is 0 Å². The first-order chi connectivity index (χ1) is 17.5. The van der Waals surface area contributed by atoms with Crippen molar-refractivity contribution in [2.75, 3.05) is 27.2 Å². The zero-order valence-electron chi connectivity index (χ0n) is 26.3. The van der Waals surface area contributed by atoms with E-state index in [1.54, 1.807) is 0 Å². The van der Waals surface area contributed by atoms with E-state index >= 15 is 0 Å². The molecular formula is C34H71Cl2N. The number of unbranched alkanes of at least 4 members (excludes halogenated alkanes) is 22. The first-order valence-electron chi connectivity index (χ1n) is 17.0. The van der Waals surface area contributed by atoms with Crippen molar-refractivity contribution in [3.63, 3.8) is 0 Å². The molecule has 226 valence electrons. The van der Waals surface area contributed by atoms with Crippen LogP contribution in [0.4, 0.5) is 0 Å². The SMILES string of the molecule is CCCCCCCCCCCCCCCC[N+](C)(C)CCCCCCCCCCCC(Cl)CCCC.[Cl-]. The van der Waals surface area contributed by atoms with Gasteiger partial charge in [-0.05, 0) is 38.5 Å². The summed E-state index contributed by atoms with van der Waals surface area (Å²) in [5.41, 5.74) is 0. The maximum absolute atomic E-state index is 6.39. The fourth-order valence-corrected chi connectivity index (χ4v) is 5.87. The van der Waals surface area contributed by atoms with E-state index in [0.29, 0.717) is 5.38 Å². The minimum Gasteiger partial charge on any atom is -1.00 e. The van der Waals surface area contributed by atoms with Gasteiger partial charge < -0.3 is 16.9 Å². The Morgan fingerprint density at radius 1 is 0.405 bits per heavy atom. The number of hydrogen-bond donors (Lipinski definition) is 0. The Kier molecular flexibility index (Phi) is 33.3. The molecular weight excluding hydrogens is 493 g/mol. The molecule has 1 atom stereocenters. The van der Waals surface area contributed by atoms with E-state index in [-0.39, 0.29) is 12.4 Å². The Morgan fingerprint density at radius 3 is 1.03 bits per heavy atom. The Labute approximate surface area is 247 Å². The third-order valence-electron chi connectivity index (χ3n) is 8.27. The first kappa shape index (κ1) is 39.7. The van der Waals surface area contributed by atoms with E-state index in [1.807, 2.05) is 0 Å². The van der Waals surface area contributed by atoms with Gasteiger partial charge in [-0.1, -0.05) is 149 Å². The van der Waals surface area contributed by atoms with E-state index in [1.165, 1.54) is 191 Å². The molecule has 0 saturated heterocycles. The van der Waals surface area contributed by atoms with Crippen LogP contribution in [0, 0.1) is 0 Å². The second-order valence-corrected chi connectivity index (χ2v) is 13.3. The lowest BCUT2D eigenvalue weighted by molar-refractivity contribution is -0.890. The van der Waals surface area contributed by atoms with Gasteiger partial charge in [0.05, 0.1) is 27.2 Å². The van der Waals surface area contributed by atoms with Gasteiger partial charge in [0.1, 0.15) is 0 Å². The predicted octanol–water partition coefficient (Wildman–Crippen LogP) is 9.25. The van der Waals surface area contributed by atoms with Gasteiger partial charge in [0.25, 0.3) is 0 Å². The molecule has 0 fully saturated rings. The molecule has 0 radical (unpaired) electrons. The monoisotopic (exact) mass is 563 g/mol. The Morgan fingerprint density at radius 2 is 0.676 bits per heavy atom. The quantitative estimate of drug-likeness (QED) is 0.0463. The maximum atomic E-state index is 6.39. The molecule has 0 aromatic heterocycles. The molecule has 3 heteroatoms. The van der Waals surface area contributed by atoms with Crippen LogP contribution in [0.2, 0.25) is 0 Å². The summed E-state index contributed by atoms with van der Waals surface area (Å²) in [7, 11) is 4.91. The minimum atomic E-state index is 0. The Balaban J connectivity index is 0. The van der Waals surface area contributed by atoms with Crippen molar-refractivity contribution in [3.05, 3.63) is 0 Å². The normalized spacial score (nSPS) is 12.6. The molecule has 0 aliphatic rings. The number of quaternary nitrogens is 1. The van der Waals surface area contributed by atoms with Crippen LogP contribution in [0.1, 0.15) is 187 Å². The molecule has 0 heterocycles. The minimum absolute atomic E-state index is 0. The van der Waals surface area contributed by atoms with Crippen LogP contribution in [0.25, 0.3) is 0 Å². The van der Waals surface area contributed by atoms with Crippen molar-refractivity contribution in [2.45, 2.75) is 193 Å². The van der Waals surface area contributed by atoms with Crippen molar-refractivity contribution in [3.8, 4) is 0 Å². The van der Waals surface area contributed by atoms with Crippen LogP contribution in [-0.4, -0.2) is 37.0 Å². The van der Waals surface area contributed by atoms with E-state index in [2.05, 4.69) is 27.9 Å². The van der Waals surface area contributed by atoms with Crippen LogP contribution < -0.4 is 12.4 Å². The maximum Gasteiger partial charge on any atom is 0.0782 e. The highest BCUT2D eigenvalue weighted by molar-refractivity contribution is 6.20. The van der Waals surface area contributed by atoms with Gasteiger partial charge >= 0.3 is 0 Å². The zero-order chi connectivity index (χ0) is 26.6.